The summed E-state index contributed by atoms with van der Waals surface area (Å²) >= 11 is 7.81. The molecule has 0 aliphatic rings. The van der Waals surface area contributed by atoms with Gasteiger partial charge in [-0.05, 0) is 110 Å². The lowest BCUT2D eigenvalue weighted by atomic mass is 10.1. The van der Waals surface area contributed by atoms with Crippen molar-refractivity contribution < 1.29 is 9.53 Å². The Hall–Kier alpha value is -2.42. The summed E-state index contributed by atoms with van der Waals surface area (Å²) in [6.07, 6.45) is 1.59. The van der Waals surface area contributed by atoms with Crippen LogP contribution in [0.25, 0.3) is 16.8 Å². The first kappa shape index (κ1) is 24.7. The van der Waals surface area contributed by atoms with Gasteiger partial charge < -0.3 is 10.1 Å². The summed E-state index contributed by atoms with van der Waals surface area (Å²) in [4.78, 5) is 12.6. The van der Waals surface area contributed by atoms with E-state index in [0.29, 0.717) is 12.3 Å². The average Bonchev–Trinajstić information content (AvgIpc) is 2.83. The van der Waals surface area contributed by atoms with E-state index in [1.165, 1.54) is 10.8 Å². The van der Waals surface area contributed by atoms with E-state index in [1.807, 2.05) is 48.5 Å². The quantitative estimate of drug-likeness (QED) is 0.124. The summed E-state index contributed by atoms with van der Waals surface area (Å²) in [5, 5.41) is 14.7. The fourth-order valence-corrected chi connectivity index (χ4v) is 5.81. The molecule has 0 unspecified atom stereocenters. The zero-order valence-corrected chi connectivity index (χ0v) is 23.6. The van der Waals surface area contributed by atoms with E-state index in [-0.39, 0.29) is 5.57 Å². The van der Waals surface area contributed by atoms with Crippen molar-refractivity contribution in [1.82, 2.24) is 0 Å². The normalized spacial score (nSPS) is 11.2. The zero-order chi connectivity index (χ0) is 24.1. The minimum absolute atomic E-state index is 0.0268. The van der Waals surface area contributed by atoms with Gasteiger partial charge >= 0.3 is 0 Å². The molecule has 7 heteroatoms. The molecule has 0 atom stereocenters. The van der Waals surface area contributed by atoms with Gasteiger partial charge in [0.25, 0.3) is 5.91 Å². The van der Waals surface area contributed by atoms with Gasteiger partial charge in [0, 0.05) is 10.2 Å². The lowest BCUT2D eigenvalue weighted by Crippen LogP contribution is -2.13. The molecule has 4 nitrogen and oxygen atoms in total. The third kappa shape index (κ3) is 5.98. The van der Waals surface area contributed by atoms with Gasteiger partial charge in [0.05, 0.1) is 7.14 Å². The maximum Gasteiger partial charge on any atom is 0.266 e. The van der Waals surface area contributed by atoms with E-state index in [2.05, 4.69) is 90.7 Å². The maximum atomic E-state index is 12.6. The van der Waals surface area contributed by atoms with Gasteiger partial charge in [-0.15, -0.1) is 0 Å². The summed E-state index contributed by atoms with van der Waals surface area (Å²) < 4.78 is 8.92. The van der Waals surface area contributed by atoms with Crippen LogP contribution in [0, 0.1) is 18.5 Å². The van der Waals surface area contributed by atoms with E-state index in [4.69, 9.17) is 4.74 Å². The van der Waals surface area contributed by atoms with Crippen molar-refractivity contribution in [3.8, 4) is 11.8 Å². The second-order valence-electron chi connectivity index (χ2n) is 7.37. The van der Waals surface area contributed by atoms with Gasteiger partial charge in [-0.3, -0.25) is 4.79 Å². The van der Waals surface area contributed by atoms with Crippen molar-refractivity contribution in [2.24, 2.45) is 0 Å². The lowest BCUT2D eigenvalue weighted by molar-refractivity contribution is -0.112. The summed E-state index contributed by atoms with van der Waals surface area (Å²) in [5.74, 6) is 0.329. The molecule has 168 valence electrons. The van der Waals surface area contributed by atoms with Crippen molar-refractivity contribution >= 4 is 89.6 Å². The molecular formula is C27H17BrI2N2O2. The molecule has 4 rings (SSSR count). The number of hydrogen-bond donors (Lipinski definition) is 1. The zero-order valence-electron chi connectivity index (χ0n) is 17.7. The molecule has 0 aromatic heterocycles. The fraction of sp³-hybridized carbons (Fsp3) is 0.0370. The third-order valence-electron chi connectivity index (χ3n) is 5.05. The Labute approximate surface area is 233 Å². The van der Waals surface area contributed by atoms with Crippen molar-refractivity contribution in [3.05, 3.63) is 107 Å². The summed E-state index contributed by atoms with van der Waals surface area (Å²) in [7, 11) is 0. The molecule has 0 heterocycles. The molecule has 0 saturated heterocycles. The largest absolute Gasteiger partial charge is 0.487 e. The van der Waals surface area contributed by atoms with Crippen molar-refractivity contribution in [3.63, 3.8) is 0 Å². The number of nitriles is 1. The van der Waals surface area contributed by atoms with Crippen LogP contribution < -0.4 is 10.1 Å². The first-order chi connectivity index (χ1) is 16.4. The minimum Gasteiger partial charge on any atom is -0.487 e. The van der Waals surface area contributed by atoms with Gasteiger partial charge in [-0.2, -0.15) is 5.26 Å². The van der Waals surface area contributed by atoms with Crippen LogP contribution in [-0.2, 0) is 11.4 Å². The Balaban J connectivity index is 1.53. The van der Waals surface area contributed by atoms with Gasteiger partial charge in [0.15, 0.2) is 0 Å². The molecule has 0 saturated carbocycles. The van der Waals surface area contributed by atoms with E-state index in [1.54, 1.807) is 18.2 Å². The van der Waals surface area contributed by atoms with E-state index >= 15 is 0 Å². The Morgan fingerprint density at radius 2 is 1.68 bits per heavy atom. The predicted octanol–water partition coefficient (Wildman–Crippen LogP) is 7.94. The van der Waals surface area contributed by atoms with Crippen molar-refractivity contribution in [2.45, 2.75) is 6.61 Å². The van der Waals surface area contributed by atoms with Crippen LogP contribution in [0.3, 0.4) is 0 Å². The molecule has 0 aliphatic heterocycles. The maximum absolute atomic E-state index is 12.6. The van der Waals surface area contributed by atoms with E-state index < -0.39 is 5.91 Å². The summed E-state index contributed by atoms with van der Waals surface area (Å²) in [5.41, 5.74) is 2.52. The molecule has 1 N–H and O–H groups in total. The van der Waals surface area contributed by atoms with Crippen LogP contribution >= 0.6 is 61.1 Å². The Kier molecular flexibility index (Phi) is 8.24. The Bertz CT molecular complexity index is 1420. The molecule has 0 aliphatic carbocycles. The van der Waals surface area contributed by atoms with Crippen molar-refractivity contribution in [1.29, 1.82) is 5.26 Å². The number of hydrogen-bond acceptors (Lipinski definition) is 3. The van der Waals surface area contributed by atoms with Gasteiger partial charge in [0.1, 0.15) is 24.0 Å². The molecule has 1 amide bonds. The first-order valence-electron chi connectivity index (χ1n) is 10.2. The SMILES string of the molecule is N#C/C(=C/c1cc(I)c(OCc2cccc3ccccc23)c(I)c1)C(=O)Nc1ccc(Br)cc1. The highest BCUT2D eigenvalue weighted by atomic mass is 127. The monoisotopic (exact) mass is 734 g/mol. The number of nitrogens with one attached hydrogen (secondary N) is 1. The molecule has 0 radical (unpaired) electrons. The number of benzene rings is 4. The number of nitrogens with zero attached hydrogens (tertiary/aromatic N) is 1. The number of anilines is 1. The number of ether oxygens (including phenoxy) is 1. The highest BCUT2D eigenvalue weighted by Crippen LogP contribution is 2.31. The summed E-state index contributed by atoms with van der Waals surface area (Å²) in [6.45, 7) is 0.446. The van der Waals surface area contributed by atoms with Crippen LogP contribution in [0.1, 0.15) is 11.1 Å². The fourth-order valence-electron chi connectivity index (χ4n) is 3.42. The van der Waals surface area contributed by atoms with Crippen LogP contribution in [0.4, 0.5) is 5.69 Å². The topological polar surface area (TPSA) is 62.1 Å². The standard InChI is InChI=1S/C27H17BrI2N2O2/c28-21-8-10-22(11-9-21)32-27(33)20(15-31)12-17-13-24(29)26(25(30)14-17)34-16-19-6-3-5-18-4-1-2-7-23(18)19/h1-14H,16H2,(H,32,33)/b20-12-. The van der Waals surface area contributed by atoms with Crippen LogP contribution in [0.2, 0.25) is 0 Å². The van der Waals surface area contributed by atoms with Crippen LogP contribution in [0.5, 0.6) is 5.75 Å². The van der Waals surface area contributed by atoms with Crippen LogP contribution in [0.15, 0.2) is 88.9 Å². The number of amides is 1. The van der Waals surface area contributed by atoms with E-state index in [9.17, 15) is 10.1 Å². The molecule has 4 aromatic carbocycles. The smallest absolute Gasteiger partial charge is 0.266 e. The Morgan fingerprint density at radius 1 is 1.00 bits per heavy atom. The highest BCUT2D eigenvalue weighted by Gasteiger charge is 2.13. The Morgan fingerprint density at radius 3 is 2.38 bits per heavy atom. The van der Waals surface area contributed by atoms with Crippen LogP contribution in [-0.4, -0.2) is 5.91 Å². The van der Waals surface area contributed by atoms with Gasteiger partial charge in [-0.1, -0.05) is 58.4 Å². The molecule has 0 bridgehead atoms. The molecule has 0 spiro atoms. The first-order valence-corrected chi connectivity index (χ1v) is 13.2. The molecule has 0 fully saturated rings. The summed E-state index contributed by atoms with van der Waals surface area (Å²) in [6, 6.07) is 27.5. The number of fused-ring (bicyclic) bond motifs is 1. The molecule has 34 heavy (non-hydrogen) atoms. The molecule has 4 aromatic rings. The van der Waals surface area contributed by atoms with Gasteiger partial charge in [0.2, 0.25) is 0 Å². The highest BCUT2D eigenvalue weighted by molar-refractivity contribution is 14.1. The molecular weight excluding hydrogens is 718 g/mol. The third-order valence-corrected chi connectivity index (χ3v) is 7.18. The average molecular weight is 735 g/mol. The van der Waals surface area contributed by atoms with Crippen molar-refractivity contribution in [2.75, 3.05) is 5.32 Å². The lowest BCUT2D eigenvalue weighted by Gasteiger charge is -2.13. The second kappa shape index (κ2) is 11.3. The number of carbonyl (C=O) groups excluding carboxylic acids is 1. The van der Waals surface area contributed by atoms with E-state index in [0.717, 1.165) is 28.5 Å². The minimum atomic E-state index is -0.453. The predicted molar refractivity (Wildman–Crippen MR) is 157 cm³/mol. The number of halogens is 3. The number of carbonyl (C=O) groups is 1. The van der Waals surface area contributed by atoms with Gasteiger partial charge in [-0.25, -0.2) is 0 Å². The second-order valence-corrected chi connectivity index (χ2v) is 10.6. The number of rotatable bonds is 6.